The molecule has 0 aliphatic heterocycles. The van der Waals surface area contributed by atoms with Crippen LogP contribution in [0, 0.1) is 0 Å². The van der Waals surface area contributed by atoms with Crippen LogP contribution in [0.1, 0.15) is 10.7 Å². The van der Waals surface area contributed by atoms with Crippen molar-refractivity contribution in [2.24, 2.45) is 0 Å². The van der Waals surface area contributed by atoms with Gasteiger partial charge in [0, 0.05) is 5.69 Å². The van der Waals surface area contributed by atoms with Gasteiger partial charge in [0.25, 0.3) is 0 Å². The van der Waals surface area contributed by atoms with E-state index in [0.29, 0.717) is 11.5 Å². The lowest BCUT2D eigenvalue weighted by Crippen LogP contribution is -1.83. The first-order valence-electron chi connectivity index (χ1n) is 3.70. The third-order valence-electron chi connectivity index (χ3n) is 1.73. The number of aromatic nitrogens is 2. The molecule has 13 heavy (non-hydrogen) atoms. The number of nitrogens with zero attached hydrogens (tertiary/aromatic N) is 1. The minimum absolute atomic E-state index is 0.545. The van der Waals surface area contributed by atoms with Crippen molar-refractivity contribution in [3.63, 3.8) is 0 Å². The van der Waals surface area contributed by atoms with Crippen LogP contribution in [0.2, 0.25) is 0 Å². The summed E-state index contributed by atoms with van der Waals surface area (Å²) in [4.78, 5) is 6.53. The molecule has 0 saturated heterocycles. The number of fused-ring (bicyclic) bond motifs is 1. The minimum Gasteiger partial charge on any atom is -0.399 e. The summed E-state index contributed by atoms with van der Waals surface area (Å²) in [6, 6.07) is 5.40. The molecular formula is C8H7Cl2N3. The van der Waals surface area contributed by atoms with Crippen molar-refractivity contribution >= 4 is 39.9 Å². The Hall–Kier alpha value is -0.930. The molecule has 0 atom stereocenters. The fourth-order valence-electron chi connectivity index (χ4n) is 1.15. The molecule has 0 aliphatic carbocycles. The van der Waals surface area contributed by atoms with Crippen LogP contribution in [0.3, 0.4) is 0 Å². The Bertz CT molecular complexity index is 436. The number of anilines is 1. The molecular weight excluding hydrogens is 209 g/mol. The SMILES string of the molecule is Nc1ccc2nc(C(Cl)Cl)[nH]c2c1. The van der Waals surface area contributed by atoms with E-state index in [0.717, 1.165) is 11.0 Å². The Morgan fingerprint density at radius 1 is 1.38 bits per heavy atom. The first-order valence-corrected chi connectivity index (χ1v) is 4.57. The van der Waals surface area contributed by atoms with Crippen molar-refractivity contribution < 1.29 is 0 Å². The number of nitrogen functional groups attached to an aromatic ring is 1. The van der Waals surface area contributed by atoms with Gasteiger partial charge in [-0.25, -0.2) is 4.98 Å². The van der Waals surface area contributed by atoms with Crippen LogP contribution >= 0.6 is 23.2 Å². The van der Waals surface area contributed by atoms with Crippen LogP contribution in [0.15, 0.2) is 18.2 Å². The number of nitrogens with one attached hydrogen (secondary N) is 1. The lowest BCUT2D eigenvalue weighted by atomic mass is 10.3. The highest BCUT2D eigenvalue weighted by molar-refractivity contribution is 6.43. The molecule has 2 aromatic rings. The van der Waals surface area contributed by atoms with E-state index in [4.69, 9.17) is 28.9 Å². The number of alkyl halides is 2. The molecule has 68 valence electrons. The van der Waals surface area contributed by atoms with Crippen LogP contribution < -0.4 is 5.73 Å². The van der Waals surface area contributed by atoms with Gasteiger partial charge < -0.3 is 10.7 Å². The number of imidazole rings is 1. The molecule has 1 heterocycles. The van der Waals surface area contributed by atoms with Gasteiger partial charge in [0.2, 0.25) is 0 Å². The van der Waals surface area contributed by atoms with Crippen LogP contribution in [0.5, 0.6) is 0 Å². The van der Waals surface area contributed by atoms with E-state index < -0.39 is 4.84 Å². The molecule has 0 spiro atoms. The fraction of sp³-hybridized carbons (Fsp3) is 0.125. The van der Waals surface area contributed by atoms with Crippen molar-refractivity contribution in [2.45, 2.75) is 4.84 Å². The Balaban J connectivity index is 2.62. The minimum atomic E-state index is -0.631. The number of hydrogen-bond donors (Lipinski definition) is 2. The third kappa shape index (κ3) is 1.57. The van der Waals surface area contributed by atoms with E-state index in [1.807, 2.05) is 6.07 Å². The van der Waals surface area contributed by atoms with Crippen LogP contribution in [-0.4, -0.2) is 9.97 Å². The van der Waals surface area contributed by atoms with E-state index in [9.17, 15) is 0 Å². The predicted molar refractivity (Wildman–Crippen MR) is 55.0 cm³/mol. The molecule has 0 fully saturated rings. The van der Waals surface area contributed by atoms with Crippen LogP contribution in [0.4, 0.5) is 5.69 Å². The lowest BCUT2D eigenvalue weighted by Gasteiger charge is -1.91. The van der Waals surface area contributed by atoms with Gasteiger partial charge in [-0.1, -0.05) is 23.2 Å². The molecule has 0 bridgehead atoms. The molecule has 0 aliphatic rings. The second-order valence-electron chi connectivity index (χ2n) is 2.70. The van der Waals surface area contributed by atoms with Crippen LogP contribution in [0.25, 0.3) is 11.0 Å². The number of aromatic amines is 1. The van der Waals surface area contributed by atoms with E-state index in [-0.39, 0.29) is 0 Å². The summed E-state index contributed by atoms with van der Waals surface area (Å²) in [6.07, 6.45) is 0. The Morgan fingerprint density at radius 3 is 2.85 bits per heavy atom. The molecule has 3 nitrogen and oxygen atoms in total. The molecule has 3 N–H and O–H groups in total. The van der Waals surface area contributed by atoms with Crippen molar-refractivity contribution in [3.8, 4) is 0 Å². The molecule has 0 amide bonds. The van der Waals surface area contributed by atoms with Gasteiger partial charge in [-0.15, -0.1) is 0 Å². The van der Waals surface area contributed by atoms with E-state index in [1.54, 1.807) is 12.1 Å². The molecule has 1 aromatic carbocycles. The van der Waals surface area contributed by atoms with Gasteiger partial charge in [-0.05, 0) is 18.2 Å². The zero-order valence-corrected chi connectivity index (χ0v) is 8.10. The standard InChI is InChI=1S/C8H7Cl2N3/c9-7(10)8-12-5-2-1-4(11)3-6(5)13-8/h1-3,7H,11H2,(H,12,13). The zero-order chi connectivity index (χ0) is 9.42. The molecule has 2 rings (SSSR count). The summed E-state index contributed by atoms with van der Waals surface area (Å²) in [5.41, 5.74) is 7.94. The number of nitrogens with two attached hydrogens (primary N) is 1. The first-order chi connectivity index (χ1) is 6.16. The van der Waals surface area contributed by atoms with Gasteiger partial charge in [0.15, 0.2) is 4.84 Å². The first kappa shape index (κ1) is 8.66. The topological polar surface area (TPSA) is 54.7 Å². The average Bonchev–Trinajstić information content (AvgIpc) is 2.46. The fourth-order valence-corrected chi connectivity index (χ4v) is 1.36. The number of H-pyrrole nitrogens is 1. The number of rotatable bonds is 1. The second kappa shape index (κ2) is 3.09. The highest BCUT2D eigenvalue weighted by Crippen LogP contribution is 2.24. The third-order valence-corrected chi connectivity index (χ3v) is 2.14. The monoisotopic (exact) mass is 215 g/mol. The molecule has 0 unspecified atom stereocenters. The summed E-state index contributed by atoms with van der Waals surface area (Å²) in [7, 11) is 0. The maximum absolute atomic E-state index is 5.65. The largest absolute Gasteiger partial charge is 0.399 e. The summed E-state index contributed by atoms with van der Waals surface area (Å²) in [6.45, 7) is 0. The number of benzene rings is 1. The normalized spacial score (nSPS) is 11.3. The maximum atomic E-state index is 5.65. The van der Waals surface area contributed by atoms with E-state index in [2.05, 4.69) is 9.97 Å². The molecule has 0 saturated carbocycles. The molecule has 1 aromatic heterocycles. The van der Waals surface area contributed by atoms with Gasteiger partial charge in [-0.3, -0.25) is 0 Å². The Kier molecular flexibility index (Phi) is 2.06. The van der Waals surface area contributed by atoms with E-state index >= 15 is 0 Å². The van der Waals surface area contributed by atoms with Crippen molar-refractivity contribution in [1.29, 1.82) is 0 Å². The van der Waals surface area contributed by atoms with Gasteiger partial charge >= 0.3 is 0 Å². The van der Waals surface area contributed by atoms with Crippen LogP contribution in [-0.2, 0) is 0 Å². The zero-order valence-electron chi connectivity index (χ0n) is 6.59. The van der Waals surface area contributed by atoms with Crippen molar-refractivity contribution in [1.82, 2.24) is 9.97 Å². The predicted octanol–water partition coefficient (Wildman–Crippen LogP) is 2.62. The molecule has 5 heteroatoms. The summed E-state index contributed by atoms with van der Waals surface area (Å²) in [5.74, 6) is 0.545. The quantitative estimate of drug-likeness (QED) is 0.568. The summed E-state index contributed by atoms with van der Waals surface area (Å²) in [5, 5.41) is 0. The average molecular weight is 216 g/mol. The van der Waals surface area contributed by atoms with Crippen molar-refractivity contribution in [2.75, 3.05) is 5.73 Å². The van der Waals surface area contributed by atoms with E-state index in [1.165, 1.54) is 0 Å². The Morgan fingerprint density at radius 2 is 2.15 bits per heavy atom. The van der Waals surface area contributed by atoms with Crippen molar-refractivity contribution in [3.05, 3.63) is 24.0 Å². The highest BCUT2D eigenvalue weighted by Gasteiger charge is 2.08. The maximum Gasteiger partial charge on any atom is 0.165 e. The highest BCUT2D eigenvalue weighted by atomic mass is 35.5. The smallest absolute Gasteiger partial charge is 0.165 e. The lowest BCUT2D eigenvalue weighted by molar-refractivity contribution is 1.11. The van der Waals surface area contributed by atoms with Gasteiger partial charge in [0.1, 0.15) is 5.82 Å². The van der Waals surface area contributed by atoms with Gasteiger partial charge in [-0.2, -0.15) is 0 Å². The number of hydrogen-bond acceptors (Lipinski definition) is 2. The second-order valence-corrected chi connectivity index (χ2v) is 3.80. The molecule has 0 radical (unpaired) electrons. The number of halogens is 2. The Labute approximate surface area is 84.9 Å². The van der Waals surface area contributed by atoms with Gasteiger partial charge in [0.05, 0.1) is 11.0 Å². The summed E-state index contributed by atoms with van der Waals surface area (Å²) >= 11 is 11.3. The summed E-state index contributed by atoms with van der Waals surface area (Å²) < 4.78 is 0.